The maximum absolute atomic E-state index is 14.0. The van der Waals surface area contributed by atoms with E-state index in [-0.39, 0.29) is 18.2 Å². The van der Waals surface area contributed by atoms with Crippen LogP contribution in [-0.2, 0) is 13.1 Å². The third-order valence-electron chi connectivity index (χ3n) is 5.33. The van der Waals surface area contributed by atoms with Gasteiger partial charge >= 0.3 is 0 Å². The number of benzene rings is 2. The fourth-order valence-electron chi connectivity index (χ4n) is 3.55. The average molecular weight is 496 g/mol. The van der Waals surface area contributed by atoms with Gasteiger partial charge in [-0.3, -0.25) is 9.58 Å². The Labute approximate surface area is 200 Å². The van der Waals surface area contributed by atoms with Gasteiger partial charge in [0.15, 0.2) is 10.9 Å². The lowest BCUT2D eigenvalue weighted by Gasteiger charge is -2.36. The molecule has 0 radical (unpaired) electrons. The number of thiocarbonyl (C=S) groups is 1. The summed E-state index contributed by atoms with van der Waals surface area (Å²) in [5.74, 6) is -0.111. The van der Waals surface area contributed by atoms with E-state index in [1.807, 2.05) is 0 Å². The standard InChI is InChI=1S/C22H21Cl2F2N5S/c23-18-2-1-3-20(26)17(18)14-31-7-6-21(28-31)27-22(32)30-10-8-29(9-11-30)13-15-4-5-16(25)12-19(15)24/h1-7,12H,8-11,13-14H2,(H,27,28,32). The lowest BCUT2D eigenvalue weighted by molar-refractivity contribution is 0.177. The Balaban J connectivity index is 1.29. The number of nitrogens with zero attached hydrogens (tertiary/aromatic N) is 4. The van der Waals surface area contributed by atoms with Crippen LogP contribution in [0.2, 0.25) is 10.0 Å². The Bertz CT molecular complexity index is 1100. The minimum absolute atomic E-state index is 0.227. The first-order valence-corrected chi connectivity index (χ1v) is 11.2. The molecule has 168 valence electrons. The van der Waals surface area contributed by atoms with Crippen LogP contribution in [-0.4, -0.2) is 50.9 Å². The zero-order chi connectivity index (χ0) is 22.7. The van der Waals surface area contributed by atoms with Crippen molar-refractivity contribution in [3.63, 3.8) is 0 Å². The number of nitrogens with one attached hydrogen (secondary N) is 1. The zero-order valence-corrected chi connectivity index (χ0v) is 19.4. The topological polar surface area (TPSA) is 36.3 Å². The van der Waals surface area contributed by atoms with Gasteiger partial charge in [0.2, 0.25) is 0 Å². The molecule has 0 unspecified atom stereocenters. The van der Waals surface area contributed by atoms with Crippen molar-refractivity contribution in [1.29, 1.82) is 0 Å². The highest BCUT2D eigenvalue weighted by Crippen LogP contribution is 2.21. The predicted molar refractivity (Wildman–Crippen MR) is 127 cm³/mol. The lowest BCUT2D eigenvalue weighted by atomic mass is 10.2. The van der Waals surface area contributed by atoms with Crippen LogP contribution in [0.3, 0.4) is 0 Å². The number of hydrogen-bond acceptors (Lipinski definition) is 3. The molecule has 1 saturated heterocycles. The maximum Gasteiger partial charge on any atom is 0.174 e. The van der Waals surface area contributed by atoms with E-state index in [0.717, 1.165) is 31.7 Å². The first-order chi connectivity index (χ1) is 15.4. The molecule has 1 N–H and O–H groups in total. The van der Waals surface area contributed by atoms with Gasteiger partial charge in [-0.25, -0.2) is 8.78 Å². The molecule has 5 nitrogen and oxygen atoms in total. The normalized spacial score (nSPS) is 14.6. The third-order valence-corrected chi connectivity index (χ3v) is 6.39. The molecule has 1 aliphatic rings. The molecular weight excluding hydrogens is 475 g/mol. The Hall–Kier alpha value is -2.26. The fraction of sp³-hybridized carbons (Fsp3) is 0.273. The van der Waals surface area contributed by atoms with Crippen molar-refractivity contribution in [2.75, 3.05) is 31.5 Å². The Kier molecular flexibility index (Phi) is 7.25. The van der Waals surface area contributed by atoms with E-state index in [9.17, 15) is 8.78 Å². The smallest absolute Gasteiger partial charge is 0.174 e. The SMILES string of the molecule is Fc1ccc(CN2CCN(C(=S)Nc3ccn(Cc4c(F)cccc4Cl)n3)CC2)c(Cl)c1. The molecule has 2 aromatic carbocycles. The average Bonchev–Trinajstić information content (AvgIpc) is 3.20. The highest BCUT2D eigenvalue weighted by atomic mass is 35.5. The van der Waals surface area contributed by atoms with Crippen LogP contribution in [0.15, 0.2) is 48.7 Å². The van der Waals surface area contributed by atoms with Crippen LogP contribution in [0.4, 0.5) is 14.6 Å². The minimum atomic E-state index is -0.363. The monoisotopic (exact) mass is 495 g/mol. The second-order valence-corrected chi connectivity index (χ2v) is 8.73. The van der Waals surface area contributed by atoms with Crippen molar-refractivity contribution in [2.45, 2.75) is 13.1 Å². The van der Waals surface area contributed by atoms with Crippen molar-refractivity contribution in [3.8, 4) is 0 Å². The molecule has 0 aliphatic carbocycles. The van der Waals surface area contributed by atoms with Gasteiger partial charge in [0.05, 0.1) is 6.54 Å². The summed E-state index contributed by atoms with van der Waals surface area (Å²) in [5.41, 5.74) is 1.30. The first kappa shape index (κ1) is 22.9. The predicted octanol–water partition coefficient (Wildman–Crippen LogP) is 5.03. The second kappa shape index (κ2) is 10.1. The van der Waals surface area contributed by atoms with Crippen LogP contribution in [0.1, 0.15) is 11.1 Å². The zero-order valence-electron chi connectivity index (χ0n) is 17.1. The van der Waals surface area contributed by atoms with Gasteiger partial charge < -0.3 is 10.2 Å². The van der Waals surface area contributed by atoms with Gasteiger partial charge in [-0.05, 0) is 42.0 Å². The Morgan fingerprint density at radius 1 is 1.00 bits per heavy atom. The molecule has 4 rings (SSSR count). The summed E-state index contributed by atoms with van der Waals surface area (Å²) in [5, 5.41) is 8.95. The van der Waals surface area contributed by atoms with Gasteiger partial charge in [0, 0.05) is 60.6 Å². The van der Waals surface area contributed by atoms with Crippen molar-refractivity contribution in [3.05, 3.63) is 81.5 Å². The molecule has 1 aromatic heterocycles. The molecule has 0 atom stereocenters. The highest BCUT2D eigenvalue weighted by Gasteiger charge is 2.20. The summed E-state index contributed by atoms with van der Waals surface area (Å²) >= 11 is 17.8. The van der Waals surface area contributed by atoms with Crippen LogP contribution < -0.4 is 5.32 Å². The van der Waals surface area contributed by atoms with Crippen molar-refractivity contribution >= 4 is 46.4 Å². The summed E-state index contributed by atoms with van der Waals surface area (Å²) in [6.07, 6.45) is 1.75. The van der Waals surface area contributed by atoms with Crippen molar-refractivity contribution in [2.24, 2.45) is 0 Å². The lowest BCUT2D eigenvalue weighted by Crippen LogP contribution is -2.49. The van der Waals surface area contributed by atoms with Crippen molar-refractivity contribution < 1.29 is 8.78 Å². The largest absolute Gasteiger partial charge is 0.346 e. The molecule has 10 heteroatoms. The molecule has 3 aromatic rings. The Morgan fingerprint density at radius 3 is 2.50 bits per heavy atom. The van der Waals surface area contributed by atoms with Gasteiger partial charge in [-0.2, -0.15) is 5.10 Å². The number of rotatable bonds is 5. The number of aromatic nitrogens is 2. The third kappa shape index (κ3) is 5.56. The second-order valence-electron chi connectivity index (χ2n) is 7.53. The number of hydrogen-bond donors (Lipinski definition) is 1. The number of anilines is 1. The van der Waals surface area contributed by atoms with Gasteiger partial charge in [0.25, 0.3) is 0 Å². The van der Waals surface area contributed by atoms with E-state index in [0.29, 0.717) is 33.1 Å². The molecule has 32 heavy (non-hydrogen) atoms. The van der Waals surface area contributed by atoms with E-state index in [1.54, 1.807) is 35.1 Å². The summed E-state index contributed by atoms with van der Waals surface area (Å²) in [7, 11) is 0. The molecular formula is C22H21Cl2F2N5S. The van der Waals surface area contributed by atoms with Crippen molar-refractivity contribution in [1.82, 2.24) is 19.6 Å². The molecule has 0 amide bonds. The highest BCUT2D eigenvalue weighted by molar-refractivity contribution is 7.80. The van der Waals surface area contributed by atoms with Gasteiger partial charge in [0.1, 0.15) is 11.6 Å². The van der Waals surface area contributed by atoms with E-state index in [2.05, 4.69) is 20.2 Å². The molecule has 0 bridgehead atoms. The maximum atomic E-state index is 14.0. The minimum Gasteiger partial charge on any atom is -0.346 e. The molecule has 1 fully saturated rings. The molecule has 0 spiro atoms. The summed E-state index contributed by atoms with van der Waals surface area (Å²) in [6, 6.07) is 10.9. The molecule has 1 aliphatic heterocycles. The van der Waals surface area contributed by atoms with Gasteiger partial charge in [-0.15, -0.1) is 0 Å². The number of piperazine rings is 1. The summed E-state index contributed by atoms with van der Waals surface area (Å²) in [4.78, 5) is 4.33. The van der Waals surface area contributed by atoms with E-state index < -0.39 is 0 Å². The molecule has 2 heterocycles. The van der Waals surface area contributed by atoms with Crippen LogP contribution in [0.5, 0.6) is 0 Å². The van der Waals surface area contributed by atoms with Crippen LogP contribution >= 0.6 is 35.4 Å². The first-order valence-electron chi connectivity index (χ1n) is 10.1. The summed E-state index contributed by atoms with van der Waals surface area (Å²) < 4.78 is 28.9. The molecule has 0 saturated carbocycles. The number of halogens is 4. The van der Waals surface area contributed by atoms with E-state index >= 15 is 0 Å². The quantitative estimate of drug-likeness (QED) is 0.502. The van der Waals surface area contributed by atoms with E-state index in [1.165, 1.54) is 18.2 Å². The van der Waals surface area contributed by atoms with Crippen LogP contribution in [0, 0.1) is 11.6 Å². The van der Waals surface area contributed by atoms with Gasteiger partial charge in [-0.1, -0.05) is 35.3 Å². The Morgan fingerprint density at radius 2 is 1.78 bits per heavy atom. The van der Waals surface area contributed by atoms with E-state index in [4.69, 9.17) is 35.4 Å². The van der Waals surface area contributed by atoms with Crippen LogP contribution in [0.25, 0.3) is 0 Å². The summed E-state index contributed by atoms with van der Waals surface area (Å²) in [6.45, 7) is 3.98. The fourth-order valence-corrected chi connectivity index (χ4v) is 4.29.